The molecule has 3 rings (SSSR count). The van der Waals surface area contributed by atoms with E-state index in [1.54, 1.807) is 4.68 Å². The minimum absolute atomic E-state index is 0.645. The quantitative estimate of drug-likeness (QED) is 0.861. The molecule has 0 aliphatic heterocycles. The molecule has 0 unspecified atom stereocenters. The van der Waals surface area contributed by atoms with Crippen LogP contribution in [0.25, 0.3) is 11.3 Å². The first-order valence-corrected chi connectivity index (χ1v) is 8.87. The van der Waals surface area contributed by atoms with E-state index in [1.165, 1.54) is 32.1 Å². The monoisotopic (exact) mass is 320 g/mol. The van der Waals surface area contributed by atoms with Crippen LogP contribution in [0.2, 0.25) is 0 Å². The highest BCUT2D eigenvalue weighted by Gasteiger charge is 2.14. The Morgan fingerprint density at radius 1 is 1.38 bits per heavy atom. The lowest BCUT2D eigenvalue weighted by Gasteiger charge is -2.20. The Hall–Kier alpha value is -1.14. The molecule has 1 N–H and O–H groups in total. The van der Waals surface area contributed by atoms with Crippen LogP contribution >= 0.6 is 24.0 Å². The Bertz CT molecular complexity index is 656. The van der Waals surface area contributed by atoms with Crippen LogP contribution in [0.5, 0.6) is 0 Å². The van der Waals surface area contributed by atoms with Crippen LogP contribution < -0.4 is 0 Å². The molecule has 1 aliphatic carbocycles. The lowest BCUT2D eigenvalue weighted by molar-refractivity contribution is 0.516. The molecule has 21 heavy (non-hydrogen) atoms. The van der Waals surface area contributed by atoms with Gasteiger partial charge in [-0.15, -0.1) is 0 Å². The molecule has 2 heterocycles. The van der Waals surface area contributed by atoms with E-state index in [2.05, 4.69) is 15.1 Å². The van der Waals surface area contributed by atoms with Gasteiger partial charge in [-0.05, 0) is 18.9 Å². The molecule has 0 bridgehead atoms. The highest BCUT2D eigenvalue weighted by atomic mass is 32.2. The van der Waals surface area contributed by atoms with Crippen molar-refractivity contribution in [2.45, 2.75) is 43.1 Å². The maximum Gasteiger partial charge on any atom is 0.130 e. The Kier molecular flexibility index (Phi) is 4.75. The molecule has 0 spiro atoms. The molecule has 6 heteroatoms. The summed E-state index contributed by atoms with van der Waals surface area (Å²) in [5, 5.41) is 4.99. The average molecular weight is 320 g/mol. The van der Waals surface area contributed by atoms with Gasteiger partial charge in [-0.1, -0.05) is 31.5 Å². The Morgan fingerprint density at radius 3 is 2.90 bits per heavy atom. The fraction of sp³-hybridized carbons (Fsp3) is 0.533. The summed E-state index contributed by atoms with van der Waals surface area (Å²) >= 11 is 7.30. The fourth-order valence-electron chi connectivity index (χ4n) is 2.72. The lowest BCUT2D eigenvalue weighted by Crippen LogP contribution is -2.09. The van der Waals surface area contributed by atoms with E-state index >= 15 is 0 Å². The molecule has 0 atom stereocenters. The van der Waals surface area contributed by atoms with Gasteiger partial charge < -0.3 is 4.98 Å². The van der Waals surface area contributed by atoms with Crippen molar-refractivity contribution in [3.8, 4) is 11.3 Å². The van der Waals surface area contributed by atoms with Crippen molar-refractivity contribution in [2.75, 3.05) is 0 Å². The summed E-state index contributed by atoms with van der Waals surface area (Å²) in [7, 11) is 1.92. The van der Waals surface area contributed by atoms with Crippen molar-refractivity contribution in [3.05, 3.63) is 28.9 Å². The van der Waals surface area contributed by atoms with Crippen molar-refractivity contribution in [1.29, 1.82) is 0 Å². The third-order valence-corrected chi connectivity index (χ3v) is 5.41. The first-order valence-electron chi connectivity index (χ1n) is 7.41. The summed E-state index contributed by atoms with van der Waals surface area (Å²) in [5.74, 6) is 1.87. The SMILES string of the molecule is Cn1cc(-c2cc(=S)nc(CSC3CCCCC3)[nH]2)cn1. The largest absolute Gasteiger partial charge is 0.342 e. The highest BCUT2D eigenvalue weighted by Crippen LogP contribution is 2.30. The second kappa shape index (κ2) is 6.75. The molecular weight excluding hydrogens is 300 g/mol. The van der Waals surface area contributed by atoms with E-state index in [4.69, 9.17) is 12.2 Å². The molecule has 1 saturated carbocycles. The number of rotatable bonds is 4. The molecule has 0 aromatic carbocycles. The van der Waals surface area contributed by atoms with Gasteiger partial charge in [0.2, 0.25) is 0 Å². The average Bonchev–Trinajstić information content (AvgIpc) is 2.92. The maximum absolute atomic E-state index is 5.30. The van der Waals surface area contributed by atoms with Crippen molar-refractivity contribution < 1.29 is 0 Å². The first-order chi connectivity index (χ1) is 10.2. The predicted octanol–water partition coefficient (Wildman–Crippen LogP) is 4.11. The van der Waals surface area contributed by atoms with E-state index in [-0.39, 0.29) is 0 Å². The van der Waals surface area contributed by atoms with Crippen LogP contribution in [-0.2, 0) is 12.8 Å². The summed E-state index contributed by atoms with van der Waals surface area (Å²) in [6.45, 7) is 0. The number of aromatic nitrogens is 4. The van der Waals surface area contributed by atoms with E-state index in [1.807, 2.05) is 37.3 Å². The van der Waals surface area contributed by atoms with Crippen molar-refractivity contribution in [2.24, 2.45) is 7.05 Å². The molecule has 1 aliphatic rings. The topological polar surface area (TPSA) is 46.5 Å². The van der Waals surface area contributed by atoms with Crippen LogP contribution in [-0.4, -0.2) is 25.0 Å². The first kappa shape index (κ1) is 14.8. The van der Waals surface area contributed by atoms with Gasteiger partial charge in [-0.25, -0.2) is 4.98 Å². The zero-order chi connectivity index (χ0) is 14.7. The standard InChI is InChI=1S/C15H20N4S2/c1-19-9-11(8-16-19)13-7-15(20)18-14(17-13)10-21-12-5-3-2-4-6-12/h7-9,12H,2-6,10H2,1H3,(H,17,18,20). The third kappa shape index (κ3) is 3.95. The molecule has 1 fully saturated rings. The summed E-state index contributed by atoms with van der Waals surface area (Å²) in [6, 6.07) is 1.90. The van der Waals surface area contributed by atoms with Crippen molar-refractivity contribution in [3.63, 3.8) is 0 Å². The minimum atomic E-state index is 0.645. The second-order valence-electron chi connectivity index (χ2n) is 5.55. The molecule has 0 amide bonds. The van der Waals surface area contributed by atoms with Gasteiger partial charge in [0, 0.05) is 24.1 Å². The van der Waals surface area contributed by atoms with E-state index < -0.39 is 0 Å². The Morgan fingerprint density at radius 2 is 2.19 bits per heavy atom. The van der Waals surface area contributed by atoms with E-state index in [0.717, 1.165) is 28.1 Å². The molecule has 4 nitrogen and oxygen atoms in total. The van der Waals surface area contributed by atoms with Gasteiger partial charge >= 0.3 is 0 Å². The van der Waals surface area contributed by atoms with Gasteiger partial charge in [0.05, 0.1) is 17.6 Å². The van der Waals surface area contributed by atoms with Gasteiger partial charge in [0.1, 0.15) is 10.5 Å². The number of nitrogens with one attached hydrogen (secondary N) is 1. The second-order valence-corrected chi connectivity index (χ2v) is 7.26. The van der Waals surface area contributed by atoms with Crippen molar-refractivity contribution >= 4 is 24.0 Å². The molecule has 112 valence electrons. The number of hydrogen-bond acceptors (Lipinski definition) is 4. The zero-order valence-electron chi connectivity index (χ0n) is 12.2. The van der Waals surface area contributed by atoms with Crippen LogP contribution in [0.3, 0.4) is 0 Å². The summed E-state index contributed by atoms with van der Waals surface area (Å²) in [6.07, 6.45) is 10.7. The van der Waals surface area contributed by atoms with Gasteiger partial charge in [-0.3, -0.25) is 4.68 Å². The van der Waals surface area contributed by atoms with E-state index in [0.29, 0.717) is 4.64 Å². The number of aromatic amines is 1. The molecule has 2 aromatic rings. The lowest BCUT2D eigenvalue weighted by atomic mass is 10.0. The Balaban J connectivity index is 1.73. The highest BCUT2D eigenvalue weighted by molar-refractivity contribution is 7.99. The van der Waals surface area contributed by atoms with Crippen LogP contribution in [0.1, 0.15) is 37.9 Å². The normalized spacial score (nSPS) is 16.2. The molecule has 2 aromatic heterocycles. The molecule has 0 radical (unpaired) electrons. The Labute approximate surface area is 134 Å². The van der Waals surface area contributed by atoms with Crippen LogP contribution in [0.4, 0.5) is 0 Å². The predicted molar refractivity (Wildman–Crippen MR) is 89.8 cm³/mol. The van der Waals surface area contributed by atoms with Crippen LogP contribution in [0.15, 0.2) is 18.5 Å². The maximum atomic E-state index is 5.30. The van der Waals surface area contributed by atoms with E-state index in [9.17, 15) is 0 Å². The van der Waals surface area contributed by atoms with Crippen molar-refractivity contribution in [1.82, 2.24) is 19.7 Å². The van der Waals surface area contributed by atoms with Gasteiger partial charge in [0.25, 0.3) is 0 Å². The van der Waals surface area contributed by atoms with Gasteiger partial charge in [-0.2, -0.15) is 16.9 Å². The number of thioether (sulfide) groups is 1. The van der Waals surface area contributed by atoms with Crippen LogP contribution in [0, 0.1) is 4.64 Å². The molecule has 0 saturated heterocycles. The zero-order valence-corrected chi connectivity index (χ0v) is 13.8. The fourth-order valence-corrected chi connectivity index (χ4v) is 4.15. The van der Waals surface area contributed by atoms with Gasteiger partial charge in [0.15, 0.2) is 0 Å². The summed E-state index contributed by atoms with van der Waals surface area (Å²) in [5.41, 5.74) is 2.05. The number of nitrogens with zero attached hydrogens (tertiary/aromatic N) is 3. The third-order valence-electron chi connectivity index (χ3n) is 3.82. The number of hydrogen-bond donors (Lipinski definition) is 1. The summed E-state index contributed by atoms with van der Waals surface area (Å²) in [4.78, 5) is 7.86. The summed E-state index contributed by atoms with van der Waals surface area (Å²) < 4.78 is 2.44. The minimum Gasteiger partial charge on any atom is -0.342 e. The molecular formula is C15H20N4S2. The number of H-pyrrole nitrogens is 1. The number of aryl methyl sites for hydroxylation is 1. The smallest absolute Gasteiger partial charge is 0.130 e.